The molecule has 0 bridgehead atoms. The molecule has 1 unspecified atom stereocenters. The van der Waals surface area contributed by atoms with Gasteiger partial charge in [-0.1, -0.05) is 61.0 Å². The lowest BCUT2D eigenvalue weighted by molar-refractivity contribution is -0.137. The molecule has 2 aromatic carbocycles. The molecule has 2 nitrogen and oxygen atoms in total. The lowest BCUT2D eigenvalue weighted by Gasteiger charge is -2.27. The summed E-state index contributed by atoms with van der Waals surface area (Å²) in [5, 5.41) is 8.89. The zero-order chi connectivity index (χ0) is 19.2. The zero-order valence-corrected chi connectivity index (χ0v) is 15.4. The molecule has 0 saturated heterocycles. The fourth-order valence-corrected chi connectivity index (χ4v) is 3.26. The van der Waals surface area contributed by atoms with Gasteiger partial charge in [0, 0.05) is 26.2 Å². The summed E-state index contributed by atoms with van der Waals surface area (Å²) in [6, 6.07) is 13.9. The third kappa shape index (κ3) is 5.73. The summed E-state index contributed by atoms with van der Waals surface area (Å²) in [6.07, 6.45) is -3.92. The van der Waals surface area contributed by atoms with Crippen molar-refractivity contribution in [2.24, 2.45) is 0 Å². The van der Waals surface area contributed by atoms with E-state index in [2.05, 4.69) is 6.92 Å². The molecule has 0 heterocycles. The van der Waals surface area contributed by atoms with Crippen molar-refractivity contribution in [3.8, 4) is 0 Å². The van der Waals surface area contributed by atoms with Gasteiger partial charge >= 0.3 is 6.18 Å². The molecule has 0 saturated carbocycles. The lowest BCUT2D eigenvalue weighted by atomic mass is 10.00. The predicted molar refractivity (Wildman–Crippen MR) is 98.3 cm³/mol. The van der Waals surface area contributed by atoms with Gasteiger partial charge in [0.05, 0.1) is 10.6 Å². The SMILES string of the molecule is CC(CN(CCCO)Cc1cccc(C(F)(F)F)c1Cl)c1ccccc1. The summed E-state index contributed by atoms with van der Waals surface area (Å²) in [5.41, 5.74) is 0.797. The van der Waals surface area contributed by atoms with Crippen molar-refractivity contribution in [2.75, 3.05) is 19.7 Å². The van der Waals surface area contributed by atoms with Crippen molar-refractivity contribution in [3.63, 3.8) is 0 Å². The maximum Gasteiger partial charge on any atom is 0.417 e. The molecule has 0 aliphatic rings. The Balaban J connectivity index is 2.18. The third-order valence-electron chi connectivity index (χ3n) is 4.31. The predicted octanol–water partition coefficient (Wildman–Crippen LogP) is 5.35. The van der Waals surface area contributed by atoms with E-state index in [0.717, 1.165) is 11.6 Å². The van der Waals surface area contributed by atoms with Crippen LogP contribution < -0.4 is 0 Å². The Kier molecular flexibility index (Phi) is 7.50. The van der Waals surface area contributed by atoms with Crippen LogP contribution in [0.25, 0.3) is 0 Å². The van der Waals surface area contributed by atoms with Gasteiger partial charge in [-0.3, -0.25) is 4.90 Å². The minimum atomic E-state index is -4.47. The van der Waals surface area contributed by atoms with Crippen molar-refractivity contribution in [1.29, 1.82) is 0 Å². The Bertz CT molecular complexity index is 691. The first kappa shape index (κ1) is 20.7. The summed E-state index contributed by atoms with van der Waals surface area (Å²) in [6.45, 7) is 3.67. The van der Waals surface area contributed by atoms with Crippen LogP contribution in [0, 0.1) is 0 Å². The van der Waals surface area contributed by atoms with Crippen LogP contribution in [0.5, 0.6) is 0 Å². The molecule has 0 fully saturated rings. The van der Waals surface area contributed by atoms with Gasteiger partial charge in [0.2, 0.25) is 0 Å². The summed E-state index contributed by atoms with van der Waals surface area (Å²) in [7, 11) is 0. The van der Waals surface area contributed by atoms with Crippen LogP contribution in [0.1, 0.15) is 36.0 Å². The lowest BCUT2D eigenvalue weighted by Crippen LogP contribution is -2.29. The monoisotopic (exact) mass is 385 g/mol. The second-order valence-electron chi connectivity index (χ2n) is 6.40. The van der Waals surface area contributed by atoms with E-state index >= 15 is 0 Å². The largest absolute Gasteiger partial charge is 0.417 e. The molecule has 6 heteroatoms. The van der Waals surface area contributed by atoms with Gasteiger partial charge in [-0.05, 0) is 29.5 Å². The van der Waals surface area contributed by atoms with Crippen LogP contribution in [-0.2, 0) is 12.7 Å². The number of aliphatic hydroxyl groups is 1. The van der Waals surface area contributed by atoms with E-state index in [-0.39, 0.29) is 17.5 Å². The molecule has 0 aromatic heterocycles. The molecule has 0 aliphatic carbocycles. The zero-order valence-electron chi connectivity index (χ0n) is 14.6. The van der Waals surface area contributed by atoms with Gasteiger partial charge in [0.15, 0.2) is 0 Å². The molecule has 26 heavy (non-hydrogen) atoms. The highest BCUT2D eigenvalue weighted by Gasteiger charge is 2.34. The van der Waals surface area contributed by atoms with E-state index in [1.54, 1.807) is 6.07 Å². The molecule has 0 aliphatic heterocycles. The maximum atomic E-state index is 13.1. The van der Waals surface area contributed by atoms with Crippen molar-refractivity contribution in [3.05, 3.63) is 70.2 Å². The number of hydrogen-bond donors (Lipinski definition) is 1. The van der Waals surface area contributed by atoms with Crippen molar-refractivity contribution >= 4 is 11.6 Å². The molecule has 1 atom stereocenters. The second-order valence-corrected chi connectivity index (χ2v) is 6.78. The quantitative estimate of drug-likeness (QED) is 0.662. The number of alkyl halides is 3. The number of halogens is 4. The Hall–Kier alpha value is -1.56. The van der Waals surface area contributed by atoms with Crippen LogP contribution in [-0.4, -0.2) is 29.7 Å². The average molecular weight is 386 g/mol. The highest BCUT2D eigenvalue weighted by Crippen LogP contribution is 2.36. The van der Waals surface area contributed by atoms with E-state index < -0.39 is 11.7 Å². The topological polar surface area (TPSA) is 23.5 Å². The Labute approximate surface area is 157 Å². The van der Waals surface area contributed by atoms with Gasteiger partial charge in [-0.2, -0.15) is 13.2 Å². The normalized spacial score (nSPS) is 13.2. The summed E-state index contributed by atoms with van der Waals surface area (Å²) < 4.78 is 39.2. The van der Waals surface area contributed by atoms with Crippen LogP contribution in [0.15, 0.2) is 48.5 Å². The first-order valence-electron chi connectivity index (χ1n) is 8.55. The molecule has 2 aromatic rings. The minimum Gasteiger partial charge on any atom is -0.396 e. The van der Waals surface area contributed by atoms with Gasteiger partial charge in [0.25, 0.3) is 0 Å². The van der Waals surface area contributed by atoms with Crippen molar-refractivity contribution < 1.29 is 18.3 Å². The number of rotatable bonds is 8. The van der Waals surface area contributed by atoms with Gasteiger partial charge in [-0.15, -0.1) is 0 Å². The second kappa shape index (κ2) is 9.40. The number of benzene rings is 2. The minimum absolute atomic E-state index is 0.0343. The Morgan fingerprint density at radius 2 is 1.77 bits per heavy atom. The molecular formula is C20H23ClF3NO. The summed E-state index contributed by atoms with van der Waals surface area (Å²) >= 11 is 6.03. The van der Waals surface area contributed by atoms with Crippen molar-refractivity contribution in [2.45, 2.75) is 32.0 Å². The fraction of sp³-hybridized carbons (Fsp3) is 0.400. The Morgan fingerprint density at radius 1 is 1.08 bits per heavy atom. The Morgan fingerprint density at radius 3 is 2.38 bits per heavy atom. The van der Waals surface area contributed by atoms with Crippen molar-refractivity contribution in [1.82, 2.24) is 4.90 Å². The van der Waals surface area contributed by atoms with E-state index in [0.29, 0.717) is 31.6 Å². The molecule has 0 amide bonds. The van der Waals surface area contributed by atoms with E-state index in [4.69, 9.17) is 16.7 Å². The summed E-state index contributed by atoms with van der Waals surface area (Å²) in [5.74, 6) is 0.208. The molecule has 1 N–H and O–H groups in total. The smallest absolute Gasteiger partial charge is 0.396 e. The van der Waals surface area contributed by atoms with E-state index in [9.17, 15) is 13.2 Å². The highest BCUT2D eigenvalue weighted by atomic mass is 35.5. The molecule has 142 valence electrons. The van der Waals surface area contributed by atoms with Crippen LogP contribution in [0.2, 0.25) is 5.02 Å². The summed E-state index contributed by atoms with van der Waals surface area (Å²) in [4.78, 5) is 2.04. The molecule has 0 spiro atoms. The average Bonchev–Trinajstić information content (AvgIpc) is 2.61. The van der Waals surface area contributed by atoms with Gasteiger partial charge in [0.1, 0.15) is 0 Å². The number of nitrogens with zero attached hydrogens (tertiary/aromatic N) is 1. The molecule has 0 radical (unpaired) electrons. The molecule has 2 rings (SSSR count). The number of aliphatic hydroxyl groups excluding tert-OH is 1. The third-order valence-corrected chi connectivity index (χ3v) is 4.76. The first-order valence-corrected chi connectivity index (χ1v) is 8.93. The van der Waals surface area contributed by atoms with E-state index in [1.807, 2.05) is 35.2 Å². The molecular weight excluding hydrogens is 363 g/mol. The van der Waals surface area contributed by atoms with Gasteiger partial charge < -0.3 is 5.11 Å². The maximum absolute atomic E-state index is 13.1. The van der Waals surface area contributed by atoms with Crippen LogP contribution >= 0.6 is 11.6 Å². The van der Waals surface area contributed by atoms with E-state index in [1.165, 1.54) is 6.07 Å². The number of hydrogen-bond acceptors (Lipinski definition) is 2. The fourth-order valence-electron chi connectivity index (χ4n) is 2.97. The van der Waals surface area contributed by atoms with Crippen LogP contribution in [0.3, 0.4) is 0 Å². The van der Waals surface area contributed by atoms with Crippen LogP contribution in [0.4, 0.5) is 13.2 Å². The first-order chi connectivity index (χ1) is 12.3. The standard InChI is InChI=1S/C20H23ClF3NO/c1-15(16-7-3-2-4-8-16)13-25(11-6-12-26)14-17-9-5-10-18(19(17)21)20(22,23)24/h2-5,7-10,15,26H,6,11-14H2,1H3. The van der Waals surface area contributed by atoms with Gasteiger partial charge in [-0.25, -0.2) is 0 Å². The highest BCUT2D eigenvalue weighted by molar-refractivity contribution is 6.32.